The van der Waals surface area contributed by atoms with Gasteiger partial charge in [0.05, 0.1) is 12.2 Å². The number of aliphatic carboxylic acids is 1. The van der Waals surface area contributed by atoms with E-state index in [2.05, 4.69) is 4.74 Å². The van der Waals surface area contributed by atoms with Gasteiger partial charge in [0.1, 0.15) is 24.9 Å². The van der Waals surface area contributed by atoms with Gasteiger partial charge in [0.15, 0.2) is 5.60 Å². The highest BCUT2D eigenvalue weighted by atomic mass is 16.6. The second kappa shape index (κ2) is 7.54. The second-order valence-corrected chi connectivity index (χ2v) is 6.11. The summed E-state index contributed by atoms with van der Waals surface area (Å²) in [5.74, 6) is -2.90. The molecule has 7 unspecified atom stereocenters. The number of hydrogen-bond donors (Lipinski definition) is 5. The average Bonchev–Trinajstić information content (AvgIpc) is 2.47. The van der Waals surface area contributed by atoms with Crippen LogP contribution in [0.25, 0.3) is 0 Å². The molecule has 5 N–H and O–H groups in total. The number of aliphatic hydroxyl groups is 4. The monoisotopic (exact) mass is 336 g/mol. The Balaban J connectivity index is 2.77. The third-order valence-electron chi connectivity index (χ3n) is 4.04. The minimum atomic E-state index is -1.70. The van der Waals surface area contributed by atoms with Crippen molar-refractivity contribution in [3.63, 3.8) is 0 Å². The molecule has 1 saturated heterocycles. The standard InChI is InChI=1S/C14H24O9/c1-6-8(16)4-14(3,13(20)21)23-11(6)10(18)9(17)5-22-12(19)7(2)15/h6-11,15-18H,4-5H2,1-3H3,(H,20,21). The van der Waals surface area contributed by atoms with Gasteiger partial charge in [0, 0.05) is 12.3 Å². The number of rotatable bonds is 6. The van der Waals surface area contributed by atoms with Crippen LogP contribution >= 0.6 is 0 Å². The van der Waals surface area contributed by atoms with Gasteiger partial charge >= 0.3 is 11.9 Å². The second-order valence-electron chi connectivity index (χ2n) is 6.11. The number of carboxylic acid groups (broad SMARTS) is 1. The van der Waals surface area contributed by atoms with Crippen LogP contribution in [0.5, 0.6) is 0 Å². The predicted octanol–water partition coefficient (Wildman–Crippen LogP) is -1.74. The first-order valence-electron chi connectivity index (χ1n) is 7.29. The van der Waals surface area contributed by atoms with Gasteiger partial charge in [-0.25, -0.2) is 9.59 Å². The topological polar surface area (TPSA) is 154 Å². The highest BCUT2D eigenvalue weighted by Crippen LogP contribution is 2.35. The van der Waals surface area contributed by atoms with E-state index in [0.29, 0.717) is 0 Å². The number of carbonyl (C=O) groups excluding carboxylic acids is 1. The first kappa shape index (κ1) is 19.8. The van der Waals surface area contributed by atoms with Gasteiger partial charge < -0.3 is 35.0 Å². The summed E-state index contributed by atoms with van der Waals surface area (Å²) in [5.41, 5.74) is -1.70. The lowest BCUT2D eigenvalue weighted by Crippen LogP contribution is -2.59. The molecule has 1 rings (SSSR count). The van der Waals surface area contributed by atoms with Crippen molar-refractivity contribution >= 4 is 11.9 Å². The Kier molecular flexibility index (Phi) is 6.49. The van der Waals surface area contributed by atoms with Gasteiger partial charge in [-0.3, -0.25) is 0 Å². The van der Waals surface area contributed by atoms with E-state index in [1.165, 1.54) is 13.8 Å². The minimum absolute atomic E-state index is 0.153. The molecule has 1 aliphatic rings. The summed E-state index contributed by atoms with van der Waals surface area (Å²) >= 11 is 0. The number of aliphatic hydroxyl groups excluding tert-OH is 4. The Hall–Kier alpha value is -1.26. The van der Waals surface area contributed by atoms with Crippen molar-refractivity contribution in [3.8, 4) is 0 Å². The Morgan fingerprint density at radius 3 is 2.39 bits per heavy atom. The molecular formula is C14H24O9. The molecule has 9 heteroatoms. The summed E-state index contributed by atoms with van der Waals surface area (Å²) in [5, 5.41) is 48.2. The van der Waals surface area contributed by atoms with Gasteiger partial charge in [-0.05, 0) is 13.8 Å². The third kappa shape index (κ3) is 4.61. The molecule has 7 atom stereocenters. The fourth-order valence-electron chi connectivity index (χ4n) is 2.38. The molecule has 0 bridgehead atoms. The molecule has 0 radical (unpaired) electrons. The zero-order chi connectivity index (χ0) is 17.9. The van der Waals surface area contributed by atoms with Crippen LogP contribution in [0.3, 0.4) is 0 Å². The smallest absolute Gasteiger partial charge is 0.335 e. The van der Waals surface area contributed by atoms with E-state index in [1.807, 2.05) is 0 Å². The zero-order valence-corrected chi connectivity index (χ0v) is 13.2. The fourth-order valence-corrected chi connectivity index (χ4v) is 2.38. The van der Waals surface area contributed by atoms with Crippen molar-refractivity contribution in [1.29, 1.82) is 0 Å². The minimum Gasteiger partial charge on any atom is -0.479 e. The van der Waals surface area contributed by atoms with Crippen LogP contribution in [0, 0.1) is 5.92 Å². The van der Waals surface area contributed by atoms with Crippen molar-refractivity contribution in [1.82, 2.24) is 0 Å². The van der Waals surface area contributed by atoms with Crippen LogP contribution in [0.15, 0.2) is 0 Å². The molecule has 134 valence electrons. The molecular weight excluding hydrogens is 312 g/mol. The highest BCUT2D eigenvalue weighted by Gasteiger charge is 2.50. The van der Waals surface area contributed by atoms with Crippen molar-refractivity contribution in [2.24, 2.45) is 5.92 Å². The van der Waals surface area contributed by atoms with E-state index in [-0.39, 0.29) is 6.42 Å². The van der Waals surface area contributed by atoms with Crippen molar-refractivity contribution in [2.75, 3.05) is 6.61 Å². The van der Waals surface area contributed by atoms with Crippen molar-refractivity contribution in [2.45, 2.75) is 63.3 Å². The summed E-state index contributed by atoms with van der Waals surface area (Å²) in [6, 6.07) is 0. The largest absolute Gasteiger partial charge is 0.479 e. The summed E-state index contributed by atoms with van der Waals surface area (Å²) in [6.07, 6.45) is -6.88. The number of ether oxygens (including phenoxy) is 2. The van der Waals surface area contributed by atoms with E-state index in [1.54, 1.807) is 6.92 Å². The van der Waals surface area contributed by atoms with Gasteiger partial charge in [-0.1, -0.05) is 6.92 Å². The van der Waals surface area contributed by atoms with Crippen LogP contribution in [-0.2, 0) is 19.1 Å². The lowest BCUT2D eigenvalue weighted by atomic mass is 9.81. The van der Waals surface area contributed by atoms with Gasteiger partial charge in [-0.15, -0.1) is 0 Å². The maximum Gasteiger partial charge on any atom is 0.335 e. The quantitative estimate of drug-likeness (QED) is 0.356. The Labute approximate surface area is 133 Å². The predicted molar refractivity (Wildman–Crippen MR) is 75.4 cm³/mol. The molecule has 23 heavy (non-hydrogen) atoms. The van der Waals surface area contributed by atoms with Crippen LogP contribution in [-0.4, -0.2) is 80.2 Å². The highest BCUT2D eigenvalue weighted by molar-refractivity contribution is 5.77. The molecule has 0 aliphatic carbocycles. The van der Waals surface area contributed by atoms with Crippen LogP contribution in [0.1, 0.15) is 27.2 Å². The number of carboxylic acids is 1. The summed E-state index contributed by atoms with van der Waals surface area (Å²) in [4.78, 5) is 22.4. The average molecular weight is 336 g/mol. The molecule has 0 spiro atoms. The lowest BCUT2D eigenvalue weighted by Gasteiger charge is -2.44. The normalized spacial score (nSPS) is 35.2. The summed E-state index contributed by atoms with van der Waals surface area (Å²) < 4.78 is 10.0. The Bertz CT molecular complexity index is 438. The lowest BCUT2D eigenvalue weighted by molar-refractivity contribution is -0.233. The Morgan fingerprint density at radius 1 is 1.35 bits per heavy atom. The molecule has 0 aromatic rings. The fraction of sp³-hybridized carbons (Fsp3) is 0.857. The third-order valence-corrected chi connectivity index (χ3v) is 4.04. The molecule has 0 amide bonds. The van der Waals surface area contributed by atoms with E-state index >= 15 is 0 Å². The summed E-state index contributed by atoms with van der Waals surface area (Å²) in [6.45, 7) is 3.40. The molecule has 9 nitrogen and oxygen atoms in total. The molecule has 0 saturated carbocycles. The van der Waals surface area contributed by atoms with E-state index in [0.717, 1.165) is 0 Å². The van der Waals surface area contributed by atoms with Crippen molar-refractivity contribution in [3.05, 3.63) is 0 Å². The van der Waals surface area contributed by atoms with Gasteiger partial charge in [0.2, 0.25) is 0 Å². The van der Waals surface area contributed by atoms with E-state index < -0.39 is 60.6 Å². The van der Waals surface area contributed by atoms with E-state index in [4.69, 9.17) is 9.84 Å². The van der Waals surface area contributed by atoms with Crippen LogP contribution in [0.4, 0.5) is 0 Å². The first-order valence-corrected chi connectivity index (χ1v) is 7.29. The van der Waals surface area contributed by atoms with Crippen LogP contribution in [0.2, 0.25) is 0 Å². The zero-order valence-electron chi connectivity index (χ0n) is 13.2. The van der Waals surface area contributed by atoms with Crippen LogP contribution < -0.4 is 0 Å². The van der Waals surface area contributed by atoms with Gasteiger partial charge in [0.25, 0.3) is 0 Å². The molecule has 1 heterocycles. The van der Waals surface area contributed by atoms with Gasteiger partial charge in [-0.2, -0.15) is 0 Å². The molecule has 1 fully saturated rings. The number of hydrogen-bond acceptors (Lipinski definition) is 8. The maximum atomic E-state index is 11.3. The SMILES string of the molecule is CC(O)C(=O)OCC(O)C(O)C1OC(C)(C(=O)O)CC(O)C1C. The first-order chi connectivity index (χ1) is 10.5. The summed E-state index contributed by atoms with van der Waals surface area (Å²) in [7, 11) is 0. The molecule has 1 aliphatic heterocycles. The molecule has 0 aromatic heterocycles. The maximum absolute atomic E-state index is 11.3. The number of carbonyl (C=O) groups is 2. The molecule has 0 aromatic carbocycles. The Morgan fingerprint density at radius 2 is 1.91 bits per heavy atom. The van der Waals surface area contributed by atoms with Crippen molar-refractivity contribution < 1.29 is 44.6 Å². The van der Waals surface area contributed by atoms with E-state index in [9.17, 15) is 30.0 Å². The number of esters is 1.